The molecule has 1 aromatic heterocycles. The van der Waals surface area contributed by atoms with Gasteiger partial charge in [-0.05, 0) is 111 Å². The summed E-state index contributed by atoms with van der Waals surface area (Å²) in [5.74, 6) is 3.05. The highest BCUT2D eigenvalue weighted by Gasteiger charge is 2.54. The third-order valence-corrected chi connectivity index (χ3v) is 10.3. The lowest BCUT2D eigenvalue weighted by Crippen LogP contribution is -2.51. The summed E-state index contributed by atoms with van der Waals surface area (Å²) in [6.45, 7) is 2.24. The second kappa shape index (κ2) is 9.29. The lowest BCUT2D eigenvalue weighted by molar-refractivity contribution is -0.140. The molecule has 8 rings (SSSR count). The van der Waals surface area contributed by atoms with Crippen LogP contribution < -0.4 is 10.6 Å². The number of benzene rings is 2. The Morgan fingerprint density at radius 1 is 0.895 bits per heavy atom. The van der Waals surface area contributed by atoms with E-state index in [1.165, 1.54) is 38.5 Å². The molecule has 5 aliphatic rings. The Morgan fingerprint density at radius 3 is 2.26 bits per heavy atom. The van der Waals surface area contributed by atoms with Crippen LogP contribution in [0.5, 0.6) is 0 Å². The van der Waals surface area contributed by atoms with E-state index >= 15 is 0 Å². The van der Waals surface area contributed by atoms with Crippen molar-refractivity contribution in [3.05, 3.63) is 54.2 Å². The van der Waals surface area contributed by atoms with Crippen LogP contribution in [0.15, 0.2) is 48.7 Å². The van der Waals surface area contributed by atoms with Gasteiger partial charge in [0.15, 0.2) is 0 Å². The Morgan fingerprint density at radius 2 is 1.58 bits per heavy atom. The largest absolute Gasteiger partial charge is 0.361 e. The maximum atomic E-state index is 13.5. The van der Waals surface area contributed by atoms with Gasteiger partial charge in [-0.25, -0.2) is 0 Å². The molecular formula is C33H39N3O2. The van der Waals surface area contributed by atoms with Gasteiger partial charge in [-0.1, -0.05) is 31.9 Å². The molecule has 0 aliphatic heterocycles. The van der Waals surface area contributed by atoms with Gasteiger partial charge in [-0.3, -0.25) is 9.59 Å². The van der Waals surface area contributed by atoms with Crippen molar-refractivity contribution >= 4 is 28.4 Å². The molecule has 2 aromatic carbocycles. The first-order chi connectivity index (χ1) is 18.5. The first-order valence-electron chi connectivity index (χ1n) is 14.8. The molecule has 198 valence electrons. The summed E-state index contributed by atoms with van der Waals surface area (Å²) in [5.41, 5.74) is 4.59. The fraction of sp³-hybridized carbons (Fsp3) is 0.515. The van der Waals surface area contributed by atoms with Gasteiger partial charge in [0.05, 0.1) is 5.41 Å². The molecule has 0 spiro atoms. The van der Waals surface area contributed by atoms with E-state index in [0.29, 0.717) is 11.5 Å². The third kappa shape index (κ3) is 4.24. The monoisotopic (exact) mass is 509 g/mol. The van der Waals surface area contributed by atoms with Gasteiger partial charge in [-0.15, -0.1) is 0 Å². The van der Waals surface area contributed by atoms with Crippen LogP contribution in [0.4, 0.5) is 5.69 Å². The minimum Gasteiger partial charge on any atom is -0.361 e. The number of amides is 2. The molecule has 0 radical (unpaired) electrons. The Kier molecular flexibility index (Phi) is 5.86. The lowest BCUT2D eigenvalue weighted by Gasteiger charge is -2.55. The molecule has 5 heteroatoms. The molecule has 3 aromatic rings. The molecule has 5 nitrogen and oxygen atoms in total. The summed E-state index contributed by atoms with van der Waals surface area (Å²) in [4.78, 5) is 29.9. The molecule has 5 fully saturated rings. The summed E-state index contributed by atoms with van der Waals surface area (Å²) in [5, 5.41) is 7.60. The second-order valence-corrected chi connectivity index (χ2v) is 13.0. The van der Waals surface area contributed by atoms with Crippen LogP contribution in [0.2, 0.25) is 0 Å². The van der Waals surface area contributed by atoms with Crippen molar-refractivity contribution in [3.63, 3.8) is 0 Å². The molecule has 0 saturated heterocycles. The highest BCUT2D eigenvalue weighted by Crippen LogP contribution is 2.60. The van der Waals surface area contributed by atoms with Crippen molar-refractivity contribution in [3.8, 4) is 11.1 Å². The molecule has 4 bridgehead atoms. The molecule has 2 unspecified atom stereocenters. The zero-order chi connectivity index (χ0) is 25.9. The molecule has 3 N–H and O–H groups in total. The molecule has 5 aliphatic carbocycles. The number of carbonyl (C=O) groups is 2. The fourth-order valence-electron chi connectivity index (χ4n) is 8.67. The van der Waals surface area contributed by atoms with Crippen molar-refractivity contribution in [1.82, 2.24) is 10.3 Å². The quantitative estimate of drug-likeness (QED) is 0.338. The van der Waals surface area contributed by atoms with Crippen molar-refractivity contribution in [2.45, 2.75) is 77.2 Å². The normalized spacial score (nSPS) is 31.9. The highest BCUT2D eigenvalue weighted by molar-refractivity contribution is 6.03. The van der Waals surface area contributed by atoms with Crippen LogP contribution in [-0.4, -0.2) is 22.8 Å². The van der Waals surface area contributed by atoms with Crippen LogP contribution in [0.25, 0.3) is 22.0 Å². The first kappa shape index (κ1) is 24.0. The number of rotatable bonds is 5. The molecule has 2 atom stereocenters. The number of anilines is 1. The van der Waals surface area contributed by atoms with Crippen molar-refractivity contribution < 1.29 is 9.59 Å². The predicted molar refractivity (Wildman–Crippen MR) is 152 cm³/mol. The third-order valence-electron chi connectivity index (χ3n) is 10.3. The van der Waals surface area contributed by atoms with E-state index in [0.717, 1.165) is 71.2 Å². The van der Waals surface area contributed by atoms with Crippen LogP contribution in [-0.2, 0) is 4.79 Å². The van der Waals surface area contributed by atoms with E-state index in [1.807, 2.05) is 36.5 Å². The SMILES string of the molecule is CC1CCCCC1NC(=O)c1ccc2[nH]cc(-c3ccc(NC(=O)C45CC6CC(CC(C6)C4)C5)cc3)c2c1. The van der Waals surface area contributed by atoms with Crippen LogP contribution in [0, 0.1) is 29.1 Å². The molecule has 2 amide bonds. The summed E-state index contributed by atoms with van der Waals surface area (Å²) in [6, 6.07) is 14.4. The fourth-order valence-corrected chi connectivity index (χ4v) is 8.67. The summed E-state index contributed by atoms with van der Waals surface area (Å²) >= 11 is 0. The maximum absolute atomic E-state index is 13.5. The standard InChI is InChI=1S/C33H39N3O2/c1-20-4-2-3-5-29(20)36-31(37)25-8-11-30-27(15-25)28(19-34-30)24-6-9-26(10-7-24)35-32(38)33-16-21-12-22(17-33)14-23(13-21)18-33/h6-11,15,19-23,29,34H,2-5,12-14,16-18H2,1H3,(H,35,38)(H,36,37). The van der Waals surface area contributed by atoms with E-state index < -0.39 is 0 Å². The Balaban J connectivity index is 1.08. The van der Waals surface area contributed by atoms with E-state index in [2.05, 4.69) is 34.7 Å². The van der Waals surface area contributed by atoms with Crippen molar-refractivity contribution in [2.24, 2.45) is 29.1 Å². The zero-order valence-electron chi connectivity index (χ0n) is 22.4. The Labute approximate surface area is 225 Å². The number of H-pyrrole nitrogens is 1. The van der Waals surface area contributed by atoms with Crippen LogP contribution in [0.3, 0.4) is 0 Å². The zero-order valence-corrected chi connectivity index (χ0v) is 22.4. The molecule has 5 saturated carbocycles. The number of aromatic nitrogens is 1. The molecule has 1 heterocycles. The predicted octanol–water partition coefficient (Wildman–Crippen LogP) is 7.30. The molecular weight excluding hydrogens is 470 g/mol. The van der Waals surface area contributed by atoms with Crippen LogP contribution >= 0.6 is 0 Å². The summed E-state index contributed by atoms with van der Waals surface area (Å²) < 4.78 is 0. The summed E-state index contributed by atoms with van der Waals surface area (Å²) in [7, 11) is 0. The number of hydrogen-bond donors (Lipinski definition) is 3. The smallest absolute Gasteiger partial charge is 0.251 e. The minimum atomic E-state index is -0.142. The van der Waals surface area contributed by atoms with Gasteiger partial charge in [0.1, 0.15) is 0 Å². The maximum Gasteiger partial charge on any atom is 0.251 e. The van der Waals surface area contributed by atoms with Gasteiger partial charge >= 0.3 is 0 Å². The lowest BCUT2D eigenvalue weighted by atomic mass is 9.49. The van der Waals surface area contributed by atoms with Gasteiger partial charge in [0, 0.05) is 40.0 Å². The van der Waals surface area contributed by atoms with Gasteiger partial charge in [0.25, 0.3) is 5.91 Å². The van der Waals surface area contributed by atoms with Crippen molar-refractivity contribution in [1.29, 1.82) is 0 Å². The van der Waals surface area contributed by atoms with E-state index in [1.54, 1.807) is 0 Å². The molecule has 38 heavy (non-hydrogen) atoms. The number of carbonyl (C=O) groups excluding carboxylic acids is 2. The van der Waals surface area contributed by atoms with Gasteiger partial charge in [-0.2, -0.15) is 0 Å². The van der Waals surface area contributed by atoms with Gasteiger partial charge < -0.3 is 15.6 Å². The van der Waals surface area contributed by atoms with Crippen LogP contribution in [0.1, 0.15) is 81.5 Å². The number of fused-ring (bicyclic) bond motifs is 1. The van der Waals surface area contributed by atoms with E-state index in [4.69, 9.17) is 0 Å². The number of aromatic amines is 1. The minimum absolute atomic E-state index is 0.0144. The average molecular weight is 510 g/mol. The van der Waals surface area contributed by atoms with E-state index in [9.17, 15) is 9.59 Å². The highest BCUT2D eigenvalue weighted by atomic mass is 16.2. The van der Waals surface area contributed by atoms with Gasteiger partial charge in [0.2, 0.25) is 5.91 Å². The second-order valence-electron chi connectivity index (χ2n) is 13.0. The van der Waals surface area contributed by atoms with Crippen molar-refractivity contribution in [2.75, 3.05) is 5.32 Å². The van der Waals surface area contributed by atoms with E-state index in [-0.39, 0.29) is 23.3 Å². The average Bonchev–Trinajstić information content (AvgIpc) is 3.33. The first-order valence-corrected chi connectivity index (χ1v) is 14.8. The summed E-state index contributed by atoms with van der Waals surface area (Å²) in [6.07, 6.45) is 14.0. The number of nitrogens with one attached hydrogen (secondary N) is 3. The Bertz CT molecular complexity index is 1340. The Hall–Kier alpha value is -3.08. The topological polar surface area (TPSA) is 74.0 Å². The number of hydrogen-bond acceptors (Lipinski definition) is 2.